The van der Waals surface area contributed by atoms with Crippen molar-refractivity contribution in [3.8, 4) is 0 Å². The molecule has 11 nitrogen and oxygen atoms in total. The average Bonchev–Trinajstić information content (AvgIpc) is 2.49. The van der Waals surface area contributed by atoms with Crippen molar-refractivity contribution in [1.82, 2.24) is 0 Å². The number of hydrogen-bond acceptors (Lipinski definition) is 11. The molecule has 2 aliphatic rings. The van der Waals surface area contributed by atoms with Gasteiger partial charge >= 0.3 is 72.4 Å². The first-order valence-corrected chi connectivity index (χ1v) is 27.1. The summed E-state index contributed by atoms with van der Waals surface area (Å²) in [4.78, 5) is 0. The van der Waals surface area contributed by atoms with Crippen LogP contribution < -0.4 is 0 Å². The first-order chi connectivity index (χ1) is 13.2. The van der Waals surface area contributed by atoms with Gasteiger partial charge in [0, 0.05) is 20.2 Å². The van der Waals surface area contributed by atoms with Crippen molar-refractivity contribution >= 4 is 95.4 Å². The van der Waals surface area contributed by atoms with Gasteiger partial charge < -0.3 is 44.2 Å². The summed E-state index contributed by atoms with van der Waals surface area (Å²) in [7, 11) is -19.3. The van der Waals surface area contributed by atoms with E-state index in [1.165, 1.54) is 0 Å². The van der Waals surface area contributed by atoms with Gasteiger partial charge in [-0.1, -0.05) is 0 Å². The van der Waals surface area contributed by atoms with Crippen LogP contribution in [-0.4, -0.2) is 79.5 Å². The van der Waals surface area contributed by atoms with Gasteiger partial charge in [0.25, 0.3) is 0 Å². The fourth-order valence-corrected chi connectivity index (χ4v) is 33.3. The number of rotatable bonds is 2. The van der Waals surface area contributed by atoms with E-state index < -0.39 is 72.4 Å². The van der Waals surface area contributed by atoms with Crippen LogP contribution in [0.1, 0.15) is 0 Å². The number of fused-ring (bicyclic) bond motifs is 2. The van der Waals surface area contributed by atoms with E-state index in [4.69, 9.17) is 44.2 Å². The third-order valence-corrected chi connectivity index (χ3v) is 32.8. The van der Waals surface area contributed by atoms with Crippen molar-refractivity contribution in [3.05, 3.63) is 0 Å². The molecule has 2 rings (SSSR count). The highest BCUT2D eigenvalue weighted by Crippen LogP contribution is 2.27. The topological polar surface area (TPSA) is 102 Å². The summed E-state index contributed by atoms with van der Waals surface area (Å²) >= 11 is 1.80. The molecule has 2 saturated heterocycles. The summed E-state index contributed by atoms with van der Waals surface area (Å²) in [6.45, 7) is 15.2. The van der Waals surface area contributed by atoms with Crippen LogP contribution in [0.2, 0.25) is 52.4 Å². The Hall–Kier alpha value is 2.03. The zero-order chi connectivity index (χ0) is 22.1. The van der Waals surface area contributed by atoms with Crippen LogP contribution in [0.25, 0.3) is 0 Å². The minimum absolute atomic E-state index is 1.58. The second-order valence-corrected chi connectivity index (χ2v) is 30.6. The Morgan fingerprint density at radius 2 is 1.14 bits per heavy atom. The van der Waals surface area contributed by atoms with Crippen LogP contribution in [-0.2, 0) is 44.2 Å². The fourth-order valence-electron chi connectivity index (χ4n) is 2.86. The second-order valence-electron chi connectivity index (χ2n) is 7.60. The van der Waals surface area contributed by atoms with Crippen molar-refractivity contribution in [3.63, 3.8) is 0 Å². The molecule has 0 amide bonds. The van der Waals surface area contributed by atoms with E-state index in [0.717, 1.165) is 0 Å². The SMILES string of the molecule is CO[Si@]1(C)O[Si@H](C)O[SiH]2O[SiH](O[Si@H](C)O[Si](C)(C)O1)O[Si@](C)(OI)O[Si](C)(C)O2. The van der Waals surface area contributed by atoms with Crippen LogP contribution in [0.15, 0.2) is 0 Å². The van der Waals surface area contributed by atoms with Crippen LogP contribution >= 0.6 is 23.0 Å². The zero-order valence-corrected chi connectivity index (χ0v) is 29.0. The van der Waals surface area contributed by atoms with Crippen LogP contribution in [0.3, 0.4) is 0 Å². The first kappa shape index (κ1) is 27.3. The highest BCUT2D eigenvalue weighted by Gasteiger charge is 2.52. The Balaban J connectivity index is 2.33. The zero-order valence-electron chi connectivity index (χ0n) is 18.2. The Bertz CT molecular complexity index is 564. The van der Waals surface area contributed by atoms with E-state index in [-0.39, 0.29) is 0 Å². The smallest absolute Gasteiger partial charge is 0.418 e. The first-order valence-electron chi connectivity index (χ1n) is 9.12. The monoisotopic (exact) mass is 666 g/mol. The molecule has 0 aliphatic carbocycles. The molecular weight excluding hydrogens is 636 g/mol. The van der Waals surface area contributed by atoms with Gasteiger partial charge in [0.1, 0.15) is 23.0 Å². The highest BCUT2D eigenvalue weighted by molar-refractivity contribution is 14.1. The number of hydrogen-bond donors (Lipinski definition) is 0. The average molecular weight is 667 g/mol. The molecule has 0 N–H and O–H groups in total. The lowest BCUT2D eigenvalue weighted by Crippen LogP contribution is -2.63. The lowest BCUT2D eigenvalue weighted by molar-refractivity contribution is 0.135. The molecule has 2 fully saturated rings. The van der Waals surface area contributed by atoms with Gasteiger partial charge in [0.2, 0.25) is 0 Å². The molecule has 2 aliphatic heterocycles. The van der Waals surface area contributed by atoms with Gasteiger partial charge in [-0.2, -0.15) is 0 Å². The Kier molecular flexibility index (Phi) is 9.90. The lowest BCUT2D eigenvalue weighted by atomic mass is 11.8. The summed E-state index contributed by atoms with van der Waals surface area (Å²) in [6.07, 6.45) is 0. The minimum atomic E-state index is -2.99. The van der Waals surface area contributed by atoms with Crippen LogP contribution in [0.4, 0.5) is 0 Å². The van der Waals surface area contributed by atoms with Crippen molar-refractivity contribution in [2.75, 3.05) is 7.11 Å². The molecule has 2 bridgehead atoms. The quantitative estimate of drug-likeness (QED) is 0.310. The third kappa shape index (κ3) is 8.71. The van der Waals surface area contributed by atoms with Gasteiger partial charge in [-0.05, 0) is 39.3 Å². The van der Waals surface area contributed by atoms with Gasteiger partial charge in [0.05, 0.1) is 0 Å². The molecular formula is C9H31IO11Si8. The van der Waals surface area contributed by atoms with Crippen molar-refractivity contribution in [2.24, 2.45) is 0 Å². The van der Waals surface area contributed by atoms with Crippen molar-refractivity contribution < 1.29 is 44.2 Å². The van der Waals surface area contributed by atoms with Gasteiger partial charge in [-0.25, -0.2) is 0 Å². The summed E-state index contributed by atoms with van der Waals surface area (Å²) in [6, 6.07) is 0. The van der Waals surface area contributed by atoms with Crippen molar-refractivity contribution in [1.29, 1.82) is 0 Å². The molecule has 2 heterocycles. The van der Waals surface area contributed by atoms with E-state index in [1.807, 2.05) is 45.8 Å². The van der Waals surface area contributed by atoms with E-state index in [9.17, 15) is 0 Å². The molecule has 0 saturated carbocycles. The molecule has 172 valence electrons. The van der Waals surface area contributed by atoms with Gasteiger partial charge in [-0.15, -0.1) is 0 Å². The van der Waals surface area contributed by atoms with E-state index in [1.54, 1.807) is 36.7 Å². The third-order valence-electron chi connectivity index (χ3n) is 3.72. The molecule has 0 spiro atoms. The molecule has 6 atom stereocenters. The van der Waals surface area contributed by atoms with E-state index >= 15 is 0 Å². The number of halogens is 1. The van der Waals surface area contributed by atoms with E-state index in [0.29, 0.717) is 0 Å². The molecule has 0 aromatic heterocycles. The van der Waals surface area contributed by atoms with Gasteiger partial charge in [-0.3, -0.25) is 0 Å². The largest absolute Gasteiger partial charge is 0.490 e. The normalized spacial score (nSPS) is 44.1. The van der Waals surface area contributed by atoms with Crippen LogP contribution in [0.5, 0.6) is 0 Å². The summed E-state index contributed by atoms with van der Waals surface area (Å²) in [5.41, 5.74) is 0. The molecule has 0 aromatic carbocycles. The molecule has 0 aromatic rings. The predicted octanol–water partition coefficient (Wildman–Crippen LogP) is 0.852. The van der Waals surface area contributed by atoms with E-state index in [2.05, 4.69) is 0 Å². The maximum Gasteiger partial charge on any atom is 0.490 e. The highest BCUT2D eigenvalue weighted by atomic mass is 127. The van der Waals surface area contributed by atoms with Gasteiger partial charge in [0.15, 0.2) is 0 Å². The Morgan fingerprint density at radius 1 is 0.655 bits per heavy atom. The maximum absolute atomic E-state index is 6.27. The molecule has 0 radical (unpaired) electrons. The maximum atomic E-state index is 6.27. The summed E-state index contributed by atoms with van der Waals surface area (Å²) in [5.74, 6) is 0. The molecule has 2 unspecified atom stereocenters. The minimum Gasteiger partial charge on any atom is -0.418 e. The summed E-state index contributed by atoms with van der Waals surface area (Å²) in [5, 5.41) is 0. The van der Waals surface area contributed by atoms with Crippen LogP contribution in [0, 0.1) is 0 Å². The second kappa shape index (κ2) is 10.5. The Labute approximate surface area is 198 Å². The summed E-state index contributed by atoms with van der Waals surface area (Å²) < 4.78 is 66.8. The fraction of sp³-hybridized carbons (Fsp3) is 1.00. The molecule has 29 heavy (non-hydrogen) atoms. The van der Waals surface area contributed by atoms with Crippen molar-refractivity contribution in [2.45, 2.75) is 52.4 Å². The Morgan fingerprint density at radius 3 is 1.69 bits per heavy atom. The molecule has 20 heteroatoms. The standard InChI is InChI=1S/C9H31IO11Si8/c1-11-28(8)17-23(3)14-24-15-25(13-22(2)16-26(4,5)20-28)19-29(9,12-10)21-27(6,7)18-24/h22-25H,1-9H3/t22-,23+,24?,25?,28+,29-/m0/s1. The lowest BCUT2D eigenvalue weighted by Gasteiger charge is -2.42. The predicted molar refractivity (Wildman–Crippen MR) is 130 cm³/mol.